The molecule has 2 heterocycles. The molecule has 2 aromatic carbocycles. The van der Waals surface area contributed by atoms with Crippen molar-refractivity contribution >= 4 is 34.8 Å². The lowest BCUT2D eigenvalue weighted by Crippen LogP contribution is -2.36. The number of carboxylic acid groups (broad SMARTS) is 1. The van der Waals surface area contributed by atoms with E-state index in [9.17, 15) is 22.8 Å². The van der Waals surface area contributed by atoms with Gasteiger partial charge in [-0.05, 0) is 42.0 Å². The number of nitrogens with one attached hydrogen (secondary N) is 2. The lowest BCUT2D eigenvalue weighted by molar-refractivity contribution is -0.192. The van der Waals surface area contributed by atoms with Crippen molar-refractivity contribution in [1.29, 1.82) is 0 Å². The molecule has 0 spiro atoms. The Kier molecular flexibility index (Phi) is 6.98. The molecule has 0 aliphatic carbocycles. The Morgan fingerprint density at radius 1 is 1.09 bits per heavy atom. The molecule has 0 saturated carbocycles. The van der Waals surface area contributed by atoms with Gasteiger partial charge in [0.15, 0.2) is 0 Å². The third-order valence-corrected chi connectivity index (χ3v) is 4.72. The number of hydrogen-bond acceptors (Lipinski definition) is 5. The molecule has 3 N–H and O–H groups in total. The first-order chi connectivity index (χ1) is 15.1. The van der Waals surface area contributed by atoms with E-state index in [0.29, 0.717) is 30.9 Å². The van der Waals surface area contributed by atoms with Crippen molar-refractivity contribution in [2.45, 2.75) is 12.6 Å². The lowest BCUT2D eigenvalue weighted by Gasteiger charge is -2.29. The Hall–Kier alpha value is -3.60. The second-order valence-electron chi connectivity index (χ2n) is 7.00. The molecule has 11 heteroatoms. The highest BCUT2D eigenvalue weighted by atomic mass is 19.4. The van der Waals surface area contributed by atoms with Gasteiger partial charge in [0.1, 0.15) is 0 Å². The van der Waals surface area contributed by atoms with Crippen LogP contribution in [-0.4, -0.2) is 55.4 Å². The van der Waals surface area contributed by atoms with Gasteiger partial charge in [0, 0.05) is 35.7 Å². The van der Waals surface area contributed by atoms with E-state index in [-0.39, 0.29) is 11.8 Å². The third kappa shape index (κ3) is 5.97. The van der Waals surface area contributed by atoms with Crippen LogP contribution in [0.4, 0.5) is 30.2 Å². The van der Waals surface area contributed by atoms with E-state index in [1.807, 2.05) is 30.3 Å². The molecule has 1 saturated heterocycles. The van der Waals surface area contributed by atoms with Crippen LogP contribution in [0, 0.1) is 0 Å². The van der Waals surface area contributed by atoms with Gasteiger partial charge in [-0.1, -0.05) is 6.07 Å². The van der Waals surface area contributed by atoms with Gasteiger partial charge in [0.2, 0.25) is 5.91 Å². The summed E-state index contributed by atoms with van der Waals surface area (Å²) in [6.45, 7) is 3.07. The number of carbonyl (C=O) groups excluding carboxylic acids is 2. The molecule has 170 valence electrons. The third-order valence-electron chi connectivity index (χ3n) is 4.72. The fraction of sp³-hybridized carbons (Fsp3) is 0.286. The second-order valence-corrected chi connectivity index (χ2v) is 7.00. The number of anilines is 3. The van der Waals surface area contributed by atoms with Crippen LogP contribution in [-0.2, 0) is 20.7 Å². The van der Waals surface area contributed by atoms with Crippen LogP contribution >= 0.6 is 0 Å². The van der Waals surface area contributed by atoms with E-state index in [2.05, 4.69) is 15.5 Å². The molecule has 0 unspecified atom stereocenters. The maximum absolute atomic E-state index is 12.6. The molecular formula is C21H20F3N3O5. The molecule has 0 radical (unpaired) electrons. The summed E-state index contributed by atoms with van der Waals surface area (Å²) in [5.41, 5.74) is 4.05. The van der Waals surface area contributed by atoms with Crippen LogP contribution in [0.25, 0.3) is 0 Å². The van der Waals surface area contributed by atoms with Crippen LogP contribution < -0.4 is 15.5 Å². The SMILES string of the molecule is O=C(O)C(F)(F)F.O=C1Cc2cc(NC(=O)c3cccc(N4CCOCC4)c3)ccc2N1. The highest BCUT2D eigenvalue weighted by Crippen LogP contribution is 2.26. The number of fused-ring (bicyclic) bond motifs is 1. The maximum atomic E-state index is 12.6. The zero-order valence-electron chi connectivity index (χ0n) is 16.7. The molecule has 1 fully saturated rings. The molecule has 2 aliphatic rings. The number of halogens is 3. The van der Waals surface area contributed by atoms with Crippen LogP contribution in [0.3, 0.4) is 0 Å². The Balaban J connectivity index is 0.000000360. The van der Waals surface area contributed by atoms with Crippen molar-refractivity contribution in [3.63, 3.8) is 0 Å². The molecule has 4 rings (SSSR count). The highest BCUT2D eigenvalue weighted by molar-refractivity contribution is 6.05. The summed E-state index contributed by atoms with van der Waals surface area (Å²) in [6.07, 6.45) is -4.73. The average molecular weight is 451 g/mol. The fourth-order valence-corrected chi connectivity index (χ4v) is 3.18. The van der Waals surface area contributed by atoms with E-state index in [4.69, 9.17) is 14.6 Å². The molecule has 8 nitrogen and oxygen atoms in total. The standard InChI is InChI=1S/C19H19N3O3.C2HF3O2/c23-18-12-14-10-15(4-5-17(14)21-18)20-19(24)13-2-1-3-16(11-13)22-6-8-25-9-7-22;3-2(4,5)1(6)7/h1-5,10-11H,6-9,12H2,(H,20,24)(H,21,23);(H,6,7). The minimum Gasteiger partial charge on any atom is -0.475 e. The Morgan fingerprint density at radius 2 is 1.78 bits per heavy atom. The maximum Gasteiger partial charge on any atom is 0.490 e. The van der Waals surface area contributed by atoms with Crippen LogP contribution in [0.2, 0.25) is 0 Å². The van der Waals surface area contributed by atoms with Gasteiger partial charge < -0.3 is 25.4 Å². The number of carboxylic acids is 1. The Morgan fingerprint density at radius 3 is 2.44 bits per heavy atom. The first-order valence-electron chi connectivity index (χ1n) is 9.60. The zero-order chi connectivity index (χ0) is 23.3. The van der Waals surface area contributed by atoms with E-state index in [1.165, 1.54) is 0 Å². The predicted octanol–water partition coefficient (Wildman–Crippen LogP) is 2.90. The van der Waals surface area contributed by atoms with Gasteiger partial charge in [-0.2, -0.15) is 13.2 Å². The largest absolute Gasteiger partial charge is 0.490 e. The Labute approximate surface area is 181 Å². The van der Waals surface area contributed by atoms with Gasteiger partial charge >= 0.3 is 12.1 Å². The molecule has 32 heavy (non-hydrogen) atoms. The van der Waals surface area contributed by atoms with Crippen molar-refractivity contribution < 1.29 is 37.4 Å². The first kappa shape index (κ1) is 23.1. The number of alkyl halides is 3. The zero-order valence-corrected chi connectivity index (χ0v) is 16.7. The molecule has 2 aromatic rings. The number of carbonyl (C=O) groups is 3. The van der Waals surface area contributed by atoms with Crippen molar-refractivity contribution in [3.05, 3.63) is 53.6 Å². The van der Waals surface area contributed by atoms with Gasteiger partial charge in [-0.15, -0.1) is 0 Å². The second kappa shape index (κ2) is 9.69. The summed E-state index contributed by atoms with van der Waals surface area (Å²) in [5.74, 6) is -2.93. The van der Waals surface area contributed by atoms with Crippen LogP contribution in [0.1, 0.15) is 15.9 Å². The summed E-state index contributed by atoms with van der Waals surface area (Å²) in [4.78, 5) is 35.1. The van der Waals surface area contributed by atoms with Crippen molar-refractivity contribution in [2.75, 3.05) is 41.8 Å². The molecular weight excluding hydrogens is 431 g/mol. The molecule has 0 bridgehead atoms. The average Bonchev–Trinajstić information content (AvgIpc) is 3.13. The summed E-state index contributed by atoms with van der Waals surface area (Å²) < 4.78 is 37.1. The highest BCUT2D eigenvalue weighted by Gasteiger charge is 2.38. The van der Waals surface area contributed by atoms with E-state index >= 15 is 0 Å². The quantitative estimate of drug-likeness (QED) is 0.663. The fourth-order valence-electron chi connectivity index (χ4n) is 3.18. The van der Waals surface area contributed by atoms with E-state index in [1.54, 1.807) is 12.1 Å². The first-order valence-corrected chi connectivity index (χ1v) is 9.60. The minimum atomic E-state index is -5.08. The summed E-state index contributed by atoms with van der Waals surface area (Å²) in [5, 5.41) is 12.8. The topological polar surface area (TPSA) is 108 Å². The van der Waals surface area contributed by atoms with Crippen molar-refractivity contribution in [3.8, 4) is 0 Å². The summed E-state index contributed by atoms with van der Waals surface area (Å²) in [7, 11) is 0. The predicted molar refractivity (Wildman–Crippen MR) is 110 cm³/mol. The number of morpholine rings is 1. The van der Waals surface area contributed by atoms with E-state index < -0.39 is 12.1 Å². The van der Waals surface area contributed by atoms with E-state index in [0.717, 1.165) is 30.0 Å². The molecule has 0 atom stereocenters. The van der Waals surface area contributed by atoms with Gasteiger partial charge in [-0.25, -0.2) is 4.79 Å². The van der Waals surface area contributed by atoms with Crippen molar-refractivity contribution in [1.82, 2.24) is 0 Å². The molecule has 2 amide bonds. The van der Waals surface area contributed by atoms with Gasteiger partial charge in [0.25, 0.3) is 5.91 Å². The normalized spacial score (nSPS) is 15.2. The van der Waals surface area contributed by atoms with Gasteiger partial charge in [-0.3, -0.25) is 9.59 Å². The van der Waals surface area contributed by atoms with Crippen LogP contribution in [0.15, 0.2) is 42.5 Å². The van der Waals surface area contributed by atoms with Crippen molar-refractivity contribution in [2.24, 2.45) is 0 Å². The number of rotatable bonds is 3. The monoisotopic (exact) mass is 451 g/mol. The molecule has 0 aromatic heterocycles. The number of ether oxygens (including phenoxy) is 1. The lowest BCUT2D eigenvalue weighted by atomic mass is 10.1. The van der Waals surface area contributed by atoms with Gasteiger partial charge in [0.05, 0.1) is 19.6 Å². The Bertz CT molecular complexity index is 1020. The minimum absolute atomic E-state index is 0.0170. The number of aliphatic carboxylic acids is 1. The number of hydrogen-bond donors (Lipinski definition) is 3. The number of benzene rings is 2. The summed E-state index contributed by atoms with van der Waals surface area (Å²) in [6, 6.07) is 13.1. The number of nitrogens with zero attached hydrogens (tertiary/aromatic N) is 1. The van der Waals surface area contributed by atoms with Crippen LogP contribution in [0.5, 0.6) is 0 Å². The smallest absolute Gasteiger partial charge is 0.475 e. The number of amides is 2. The molecule has 2 aliphatic heterocycles. The summed E-state index contributed by atoms with van der Waals surface area (Å²) >= 11 is 0.